The fourth-order valence-corrected chi connectivity index (χ4v) is 2.84. The largest absolute Gasteiger partial charge is 0.497 e. The van der Waals surface area contributed by atoms with Gasteiger partial charge in [-0.25, -0.2) is 4.79 Å². The molecule has 5 heteroatoms. The molecule has 1 heterocycles. The average Bonchev–Trinajstić information content (AvgIpc) is 2.83. The number of esters is 1. The lowest BCUT2D eigenvalue weighted by Crippen LogP contribution is -2.51. The van der Waals surface area contributed by atoms with Crippen molar-refractivity contribution >= 4 is 5.97 Å². The van der Waals surface area contributed by atoms with Crippen molar-refractivity contribution in [3.8, 4) is 5.75 Å². The van der Waals surface area contributed by atoms with Gasteiger partial charge in [-0.05, 0) is 37.6 Å². The third-order valence-corrected chi connectivity index (χ3v) is 4.21. The van der Waals surface area contributed by atoms with Gasteiger partial charge in [0.2, 0.25) is 0 Å². The van der Waals surface area contributed by atoms with Gasteiger partial charge in [0.25, 0.3) is 0 Å². The predicted octanol–water partition coefficient (Wildman–Crippen LogP) is 1.38. The molecule has 1 aliphatic rings. The van der Waals surface area contributed by atoms with E-state index in [9.17, 15) is 4.79 Å². The van der Waals surface area contributed by atoms with Crippen molar-refractivity contribution in [2.75, 3.05) is 40.4 Å². The minimum Gasteiger partial charge on any atom is -0.497 e. The Morgan fingerprint density at radius 2 is 1.90 bits per heavy atom. The van der Waals surface area contributed by atoms with Crippen LogP contribution in [0.2, 0.25) is 0 Å². The predicted molar refractivity (Wildman–Crippen MR) is 81.4 cm³/mol. The van der Waals surface area contributed by atoms with Crippen molar-refractivity contribution < 1.29 is 14.3 Å². The smallest absolute Gasteiger partial charge is 0.330 e. The zero-order valence-corrected chi connectivity index (χ0v) is 13.0. The Morgan fingerprint density at radius 1 is 1.19 bits per heavy atom. The van der Waals surface area contributed by atoms with Gasteiger partial charge in [-0.15, -0.1) is 0 Å². The molecule has 2 rings (SSSR count). The summed E-state index contributed by atoms with van der Waals surface area (Å²) >= 11 is 0. The lowest BCUT2D eigenvalue weighted by molar-refractivity contribution is -0.155. The minimum absolute atomic E-state index is 0.227. The molecule has 1 atom stereocenters. The Kier molecular flexibility index (Phi) is 5.20. The van der Waals surface area contributed by atoms with Crippen LogP contribution in [0.25, 0.3) is 0 Å². The molecule has 5 nitrogen and oxygen atoms in total. The summed E-state index contributed by atoms with van der Waals surface area (Å²) in [5.41, 5.74) is 0.157. The number of rotatable bonds is 4. The van der Waals surface area contributed by atoms with Crippen LogP contribution in [-0.2, 0) is 15.1 Å². The molecule has 0 bridgehead atoms. The first kappa shape index (κ1) is 15.8. The minimum atomic E-state index is -0.771. The molecule has 0 aliphatic carbocycles. The molecule has 0 amide bonds. The Bertz CT molecular complexity index is 467. The van der Waals surface area contributed by atoms with Crippen molar-refractivity contribution in [2.45, 2.75) is 18.9 Å². The van der Waals surface area contributed by atoms with Crippen molar-refractivity contribution in [3.63, 3.8) is 0 Å². The first-order valence-electron chi connectivity index (χ1n) is 7.31. The number of methoxy groups -OCH3 is 2. The van der Waals surface area contributed by atoms with Crippen LogP contribution < -0.4 is 10.1 Å². The fraction of sp³-hybridized carbons (Fsp3) is 0.562. The van der Waals surface area contributed by atoms with Crippen molar-refractivity contribution in [3.05, 3.63) is 29.8 Å². The number of nitrogens with zero attached hydrogens (tertiary/aromatic N) is 1. The highest BCUT2D eigenvalue weighted by atomic mass is 16.5. The monoisotopic (exact) mass is 292 g/mol. The Labute approximate surface area is 126 Å². The SMILES string of the molecule is COC(=O)C(C)(c1ccc(OC)cc1)N1CCCNCC1. The summed E-state index contributed by atoms with van der Waals surface area (Å²) in [6, 6.07) is 7.64. The summed E-state index contributed by atoms with van der Waals surface area (Å²) in [7, 11) is 3.08. The maximum atomic E-state index is 12.5. The maximum Gasteiger partial charge on any atom is 0.330 e. The Morgan fingerprint density at radius 3 is 2.52 bits per heavy atom. The van der Waals surface area contributed by atoms with Crippen LogP contribution in [0, 0.1) is 0 Å². The second kappa shape index (κ2) is 6.91. The van der Waals surface area contributed by atoms with E-state index in [1.807, 2.05) is 31.2 Å². The van der Waals surface area contributed by atoms with Gasteiger partial charge in [-0.1, -0.05) is 12.1 Å². The van der Waals surface area contributed by atoms with Gasteiger partial charge in [0.1, 0.15) is 11.3 Å². The maximum absolute atomic E-state index is 12.5. The van der Waals surface area contributed by atoms with E-state index in [1.54, 1.807) is 7.11 Å². The van der Waals surface area contributed by atoms with E-state index in [4.69, 9.17) is 9.47 Å². The molecule has 1 aromatic carbocycles. The van der Waals surface area contributed by atoms with Crippen LogP contribution >= 0.6 is 0 Å². The lowest BCUT2D eigenvalue weighted by atomic mass is 9.89. The average molecular weight is 292 g/mol. The van der Waals surface area contributed by atoms with Crippen LogP contribution in [-0.4, -0.2) is 51.3 Å². The number of carbonyl (C=O) groups is 1. The molecule has 1 saturated heterocycles. The second-order valence-electron chi connectivity index (χ2n) is 5.38. The molecule has 0 aromatic heterocycles. The summed E-state index contributed by atoms with van der Waals surface area (Å²) in [5.74, 6) is 0.554. The highest BCUT2D eigenvalue weighted by molar-refractivity contribution is 5.82. The highest BCUT2D eigenvalue weighted by Gasteiger charge is 2.42. The van der Waals surface area contributed by atoms with E-state index in [1.165, 1.54) is 7.11 Å². The Hall–Kier alpha value is -1.59. The van der Waals surface area contributed by atoms with Crippen LogP contribution in [0.1, 0.15) is 18.9 Å². The summed E-state index contributed by atoms with van der Waals surface area (Å²) in [4.78, 5) is 14.7. The van der Waals surface area contributed by atoms with Crippen LogP contribution in [0.15, 0.2) is 24.3 Å². The molecule has 1 fully saturated rings. The van der Waals surface area contributed by atoms with E-state index < -0.39 is 5.54 Å². The van der Waals surface area contributed by atoms with Crippen molar-refractivity contribution in [1.82, 2.24) is 10.2 Å². The van der Waals surface area contributed by atoms with Gasteiger partial charge in [0.15, 0.2) is 0 Å². The van der Waals surface area contributed by atoms with Crippen LogP contribution in [0.4, 0.5) is 0 Å². The molecule has 21 heavy (non-hydrogen) atoms. The first-order valence-corrected chi connectivity index (χ1v) is 7.31. The van der Waals surface area contributed by atoms with Gasteiger partial charge in [0, 0.05) is 19.6 Å². The number of nitrogens with one attached hydrogen (secondary N) is 1. The van der Waals surface area contributed by atoms with Crippen LogP contribution in [0.3, 0.4) is 0 Å². The van der Waals surface area contributed by atoms with E-state index in [-0.39, 0.29) is 5.97 Å². The zero-order valence-electron chi connectivity index (χ0n) is 13.0. The van der Waals surface area contributed by atoms with Crippen LogP contribution in [0.5, 0.6) is 5.75 Å². The third-order valence-electron chi connectivity index (χ3n) is 4.21. The summed E-state index contributed by atoms with van der Waals surface area (Å²) in [6.45, 7) is 5.48. The van der Waals surface area contributed by atoms with Gasteiger partial charge in [-0.3, -0.25) is 4.90 Å². The molecular weight excluding hydrogens is 268 g/mol. The molecule has 1 unspecified atom stereocenters. The molecular formula is C16H24N2O3. The molecule has 0 radical (unpaired) electrons. The highest BCUT2D eigenvalue weighted by Crippen LogP contribution is 2.31. The van der Waals surface area contributed by atoms with E-state index in [0.717, 1.165) is 43.9 Å². The topological polar surface area (TPSA) is 50.8 Å². The zero-order chi connectivity index (χ0) is 15.3. The molecule has 0 spiro atoms. The van der Waals surface area contributed by atoms with E-state index in [2.05, 4.69) is 10.2 Å². The van der Waals surface area contributed by atoms with Gasteiger partial charge in [-0.2, -0.15) is 0 Å². The molecule has 116 valence electrons. The Balaban J connectivity index is 2.36. The summed E-state index contributed by atoms with van der Waals surface area (Å²) in [6.07, 6.45) is 1.02. The van der Waals surface area contributed by atoms with E-state index in [0.29, 0.717) is 0 Å². The molecule has 1 N–H and O–H groups in total. The fourth-order valence-electron chi connectivity index (χ4n) is 2.84. The lowest BCUT2D eigenvalue weighted by Gasteiger charge is -2.38. The quantitative estimate of drug-likeness (QED) is 0.850. The molecule has 1 aromatic rings. The van der Waals surface area contributed by atoms with Crippen molar-refractivity contribution in [2.24, 2.45) is 0 Å². The van der Waals surface area contributed by atoms with Crippen molar-refractivity contribution in [1.29, 1.82) is 0 Å². The number of benzene rings is 1. The first-order chi connectivity index (χ1) is 10.1. The number of carbonyl (C=O) groups excluding carboxylic acids is 1. The molecule has 1 aliphatic heterocycles. The summed E-state index contributed by atoms with van der Waals surface area (Å²) < 4.78 is 10.3. The van der Waals surface area contributed by atoms with Gasteiger partial charge < -0.3 is 14.8 Å². The normalized spacial score (nSPS) is 19.4. The van der Waals surface area contributed by atoms with E-state index >= 15 is 0 Å². The summed E-state index contributed by atoms with van der Waals surface area (Å²) in [5, 5.41) is 3.36. The number of hydrogen-bond acceptors (Lipinski definition) is 5. The standard InChI is InChI=1S/C16H24N2O3/c1-16(15(19)21-3,18-11-4-9-17-10-12-18)13-5-7-14(20-2)8-6-13/h5-8,17H,4,9-12H2,1-3H3. The second-order valence-corrected chi connectivity index (χ2v) is 5.38. The molecule has 0 saturated carbocycles. The number of ether oxygens (including phenoxy) is 2. The van der Waals surface area contributed by atoms with Gasteiger partial charge in [0.05, 0.1) is 14.2 Å². The number of hydrogen-bond donors (Lipinski definition) is 1. The van der Waals surface area contributed by atoms with Gasteiger partial charge >= 0.3 is 5.97 Å². The third kappa shape index (κ3) is 3.19.